The summed E-state index contributed by atoms with van der Waals surface area (Å²) in [5.74, 6) is -0.729. The summed E-state index contributed by atoms with van der Waals surface area (Å²) in [7, 11) is 3.36. The number of hydrogen-bond donors (Lipinski definition) is 0. The van der Waals surface area contributed by atoms with Crippen LogP contribution in [0.5, 0.6) is 5.75 Å². The Bertz CT molecular complexity index is 598. The first-order chi connectivity index (χ1) is 10.5. The van der Waals surface area contributed by atoms with E-state index in [0.717, 1.165) is 12.6 Å². The first-order valence-corrected chi connectivity index (χ1v) is 7.10. The van der Waals surface area contributed by atoms with E-state index in [1.54, 1.807) is 0 Å². The molecule has 0 radical (unpaired) electrons. The van der Waals surface area contributed by atoms with Crippen molar-refractivity contribution < 1.29 is 18.8 Å². The van der Waals surface area contributed by atoms with E-state index in [2.05, 4.69) is 4.90 Å². The van der Waals surface area contributed by atoms with Crippen molar-refractivity contribution in [3.8, 4) is 5.75 Å². The molecule has 0 saturated carbocycles. The molecule has 0 N–H and O–H groups in total. The van der Waals surface area contributed by atoms with Gasteiger partial charge in [0.15, 0.2) is 11.6 Å². The fourth-order valence-electron chi connectivity index (χ4n) is 3.14. The average molecular weight is 311 g/mol. The van der Waals surface area contributed by atoms with Gasteiger partial charge in [-0.3, -0.25) is 15.0 Å². The van der Waals surface area contributed by atoms with Gasteiger partial charge in [0.05, 0.1) is 36.9 Å². The number of nitro benzene ring substituents is 1. The van der Waals surface area contributed by atoms with Crippen molar-refractivity contribution in [2.45, 2.75) is 12.1 Å². The number of anilines is 1. The monoisotopic (exact) mass is 311 g/mol. The van der Waals surface area contributed by atoms with Gasteiger partial charge in [0.25, 0.3) is 5.69 Å². The molecule has 3 rings (SSSR count). The molecule has 2 unspecified atom stereocenters. The van der Waals surface area contributed by atoms with Crippen molar-refractivity contribution in [2.75, 3.05) is 45.3 Å². The van der Waals surface area contributed by atoms with Crippen LogP contribution in [0.25, 0.3) is 0 Å². The predicted molar refractivity (Wildman–Crippen MR) is 78.0 cm³/mol. The second kappa shape index (κ2) is 5.69. The summed E-state index contributed by atoms with van der Waals surface area (Å²) < 4.78 is 24.5. The molecule has 7 nitrogen and oxygen atoms in total. The summed E-state index contributed by atoms with van der Waals surface area (Å²) in [5.41, 5.74) is 0.120. The lowest BCUT2D eigenvalue weighted by Gasteiger charge is -2.33. The quantitative estimate of drug-likeness (QED) is 0.618. The summed E-state index contributed by atoms with van der Waals surface area (Å²) in [6.45, 7) is 2.64. The lowest BCUT2D eigenvalue weighted by atomic mass is 10.1. The van der Waals surface area contributed by atoms with Crippen LogP contribution in [0.2, 0.25) is 0 Å². The van der Waals surface area contributed by atoms with Crippen LogP contribution in [-0.2, 0) is 4.74 Å². The molecule has 0 spiro atoms. The zero-order valence-corrected chi connectivity index (χ0v) is 12.5. The number of halogens is 1. The maximum atomic E-state index is 13.8. The van der Waals surface area contributed by atoms with Gasteiger partial charge in [-0.2, -0.15) is 0 Å². The molecule has 2 aliphatic heterocycles. The van der Waals surface area contributed by atoms with E-state index < -0.39 is 10.7 Å². The molecule has 2 saturated heterocycles. The van der Waals surface area contributed by atoms with Gasteiger partial charge in [0.1, 0.15) is 5.69 Å². The van der Waals surface area contributed by atoms with Crippen LogP contribution in [0, 0.1) is 15.9 Å². The molecule has 2 fully saturated rings. The highest BCUT2D eigenvalue weighted by Crippen LogP contribution is 2.37. The van der Waals surface area contributed by atoms with E-state index in [9.17, 15) is 14.5 Å². The van der Waals surface area contributed by atoms with E-state index in [4.69, 9.17) is 9.47 Å². The van der Waals surface area contributed by atoms with Gasteiger partial charge in [-0.1, -0.05) is 0 Å². The number of nitro groups is 1. The maximum absolute atomic E-state index is 13.8. The number of benzene rings is 1. The summed E-state index contributed by atoms with van der Waals surface area (Å²) in [4.78, 5) is 14.7. The lowest BCUT2D eigenvalue weighted by Crippen LogP contribution is -2.48. The minimum absolute atomic E-state index is 0.00439. The highest BCUT2D eigenvalue weighted by atomic mass is 19.1. The number of rotatable bonds is 3. The zero-order valence-electron chi connectivity index (χ0n) is 12.5. The van der Waals surface area contributed by atoms with Gasteiger partial charge in [0, 0.05) is 25.7 Å². The van der Waals surface area contributed by atoms with Crippen molar-refractivity contribution in [1.82, 2.24) is 4.90 Å². The first kappa shape index (κ1) is 15.0. The normalized spacial score (nSPS) is 25.1. The third-order valence-corrected chi connectivity index (χ3v) is 4.37. The van der Waals surface area contributed by atoms with Gasteiger partial charge >= 0.3 is 0 Å². The van der Waals surface area contributed by atoms with Gasteiger partial charge < -0.3 is 14.4 Å². The lowest BCUT2D eigenvalue weighted by molar-refractivity contribution is -0.384. The zero-order chi connectivity index (χ0) is 15.9. The molecule has 22 heavy (non-hydrogen) atoms. The Morgan fingerprint density at radius 2 is 2.23 bits per heavy atom. The van der Waals surface area contributed by atoms with Crippen molar-refractivity contribution in [3.05, 3.63) is 28.1 Å². The summed E-state index contributed by atoms with van der Waals surface area (Å²) >= 11 is 0. The van der Waals surface area contributed by atoms with Crippen LogP contribution in [0.4, 0.5) is 15.8 Å². The Morgan fingerprint density at radius 1 is 1.45 bits per heavy atom. The highest BCUT2D eigenvalue weighted by Gasteiger charge is 2.40. The number of nitrogens with zero attached hydrogens (tertiary/aromatic N) is 3. The number of morpholine rings is 1. The topological polar surface area (TPSA) is 68.1 Å². The van der Waals surface area contributed by atoms with Crippen LogP contribution in [-0.4, -0.2) is 62.4 Å². The second-order valence-corrected chi connectivity index (χ2v) is 5.59. The summed E-state index contributed by atoms with van der Waals surface area (Å²) in [6, 6.07) is 2.50. The second-order valence-electron chi connectivity index (χ2n) is 5.59. The standard InChI is InChI=1S/C14H18FN3O4/c1-16-3-4-22-14-8-17(7-12(14)16)10-6-13(21-2)9(15)5-11(10)18(19)20/h5-6,12,14H,3-4,7-8H2,1-2H3. The SMILES string of the molecule is COc1cc(N2CC3OCCN(C)C3C2)c([N+](=O)[O-])cc1F. The molecule has 0 aliphatic carbocycles. The van der Waals surface area contributed by atoms with Gasteiger partial charge in [-0.15, -0.1) is 0 Å². The fraction of sp³-hybridized carbons (Fsp3) is 0.571. The van der Waals surface area contributed by atoms with Crippen LogP contribution >= 0.6 is 0 Å². The third kappa shape index (κ3) is 2.48. The molecular weight excluding hydrogens is 293 g/mol. The summed E-state index contributed by atoms with van der Waals surface area (Å²) in [5, 5.41) is 11.2. The molecule has 2 atom stereocenters. The molecule has 1 aromatic rings. The van der Waals surface area contributed by atoms with Gasteiger partial charge in [-0.25, -0.2) is 4.39 Å². The van der Waals surface area contributed by atoms with E-state index in [-0.39, 0.29) is 23.6 Å². The van der Waals surface area contributed by atoms with Crippen molar-refractivity contribution >= 4 is 11.4 Å². The summed E-state index contributed by atoms with van der Waals surface area (Å²) in [6.07, 6.45) is 0.00871. The molecular formula is C14H18FN3O4. The Hall–Kier alpha value is -1.93. The smallest absolute Gasteiger partial charge is 0.295 e. The van der Waals surface area contributed by atoms with Crippen LogP contribution < -0.4 is 9.64 Å². The van der Waals surface area contributed by atoms with Gasteiger partial charge in [-0.05, 0) is 7.05 Å². The molecule has 2 aliphatic rings. The molecule has 120 valence electrons. The van der Waals surface area contributed by atoms with Crippen molar-refractivity contribution in [3.63, 3.8) is 0 Å². The molecule has 2 heterocycles. The van der Waals surface area contributed by atoms with E-state index >= 15 is 0 Å². The number of hydrogen-bond acceptors (Lipinski definition) is 6. The number of methoxy groups -OCH3 is 1. The predicted octanol–water partition coefficient (Wildman–Crippen LogP) is 1.26. The van der Waals surface area contributed by atoms with Crippen molar-refractivity contribution in [2.24, 2.45) is 0 Å². The van der Waals surface area contributed by atoms with E-state index in [1.807, 2.05) is 11.9 Å². The van der Waals surface area contributed by atoms with Crippen LogP contribution in [0.3, 0.4) is 0 Å². The maximum Gasteiger partial charge on any atom is 0.295 e. The average Bonchev–Trinajstić information content (AvgIpc) is 2.92. The Balaban J connectivity index is 1.95. The highest BCUT2D eigenvalue weighted by molar-refractivity contribution is 5.67. The first-order valence-electron chi connectivity index (χ1n) is 7.10. The van der Waals surface area contributed by atoms with Crippen LogP contribution in [0.15, 0.2) is 12.1 Å². The van der Waals surface area contributed by atoms with Crippen molar-refractivity contribution in [1.29, 1.82) is 0 Å². The Kier molecular flexibility index (Phi) is 3.88. The third-order valence-electron chi connectivity index (χ3n) is 4.37. The Morgan fingerprint density at radius 3 is 2.86 bits per heavy atom. The molecule has 0 bridgehead atoms. The number of ether oxygens (including phenoxy) is 2. The van der Waals surface area contributed by atoms with E-state index in [0.29, 0.717) is 25.4 Å². The number of fused-ring (bicyclic) bond motifs is 1. The molecule has 1 aromatic carbocycles. The van der Waals surface area contributed by atoms with E-state index in [1.165, 1.54) is 13.2 Å². The molecule has 8 heteroatoms. The largest absolute Gasteiger partial charge is 0.494 e. The van der Waals surface area contributed by atoms with Crippen LogP contribution in [0.1, 0.15) is 0 Å². The molecule has 0 amide bonds. The minimum atomic E-state index is -0.733. The fourth-order valence-corrected chi connectivity index (χ4v) is 3.14. The minimum Gasteiger partial charge on any atom is -0.494 e. The van der Waals surface area contributed by atoms with Gasteiger partial charge in [0.2, 0.25) is 0 Å². The Labute approximate surface area is 127 Å². The molecule has 0 aromatic heterocycles. The number of likely N-dealkylation sites (N-methyl/N-ethyl adjacent to an activating group) is 1.